The summed E-state index contributed by atoms with van der Waals surface area (Å²) in [5.74, 6) is 1.47. The van der Waals surface area contributed by atoms with Gasteiger partial charge in [0.05, 0.1) is 11.5 Å². The molecule has 2 aromatic rings. The fraction of sp³-hybridized carbons (Fsp3) is 0.450. The molecule has 5 nitrogen and oxygen atoms in total. The Balaban J connectivity index is 2.14. The van der Waals surface area contributed by atoms with Gasteiger partial charge in [0.25, 0.3) is 5.56 Å². The van der Waals surface area contributed by atoms with Gasteiger partial charge in [-0.2, -0.15) is 0 Å². The zero-order chi connectivity index (χ0) is 19.7. The Morgan fingerprint density at radius 1 is 1.33 bits per heavy atom. The van der Waals surface area contributed by atoms with Crippen LogP contribution in [-0.2, 0) is 4.79 Å². The van der Waals surface area contributed by atoms with Gasteiger partial charge in [0.15, 0.2) is 10.9 Å². The molecule has 2 N–H and O–H groups in total. The highest BCUT2D eigenvalue weighted by Gasteiger charge is 2.36. The molecular formula is C20H25N3O2S2. The van der Waals surface area contributed by atoms with E-state index in [4.69, 9.17) is 0 Å². The van der Waals surface area contributed by atoms with Gasteiger partial charge in [-0.15, -0.1) is 11.3 Å². The second kappa shape index (κ2) is 8.02. The SMILES string of the molecule is CC1=C(C(=O)C(C)C)[C@H](c2cccs2)c2c(nc(SCC(C)C)[nH]c2=O)N1. The van der Waals surface area contributed by atoms with Crippen molar-refractivity contribution in [1.29, 1.82) is 0 Å². The second-order valence-electron chi connectivity index (χ2n) is 7.47. The molecule has 0 amide bonds. The van der Waals surface area contributed by atoms with E-state index in [1.165, 1.54) is 0 Å². The van der Waals surface area contributed by atoms with Gasteiger partial charge in [-0.1, -0.05) is 45.5 Å². The molecule has 7 heteroatoms. The summed E-state index contributed by atoms with van der Waals surface area (Å²) < 4.78 is 0. The predicted octanol–water partition coefficient (Wildman–Crippen LogP) is 4.64. The number of rotatable bonds is 6. The number of nitrogens with zero attached hydrogens (tertiary/aromatic N) is 1. The van der Waals surface area contributed by atoms with Crippen molar-refractivity contribution in [3.8, 4) is 0 Å². The summed E-state index contributed by atoms with van der Waals surface area (Å²) in [7, 11) is 0. The molecule has 3 rings (SSSR count). The number of hydrogen-bond acceptors (Lipinski definition) is 6. The van der Waals surface area contributed by atoms with Crippen molar-refractivity contribution in [3.05, 3.63) is 49.6 Å². The number of aromatic amines is 1. The Morgan fingerprint density at radius 2 is 2.07 bits per heavy atom. The van der Waals surface area contributed by atoms with Crippen LogP contribution in [0.1, 0.15) is 51.0 Å². The predicted molar refractivity (Wildman–Crippen MR) is 113 cm³/mol. The number of Topliss-reactive ketones (excluding diaryl/α,β-unsaturated/α-hetero) is 1. The molecule has 0 spiro atoms. The van der Waals surface area contributed by atoms with Crippen LogP contribution in [0.2, 0.25) is 0 Å². The summed E-state index contributed by atoms with van der Waals surface area (Å²) in [5.41, 5.74) is 1.78. The minimum atomic E-state index is -0.378. The first-order valence-corrected chi connectivity index (χ1v) is 11.0. The Bertz CT molecular complexity index is 927. The van der Waals surface area contributed by atoms with E-state index >= 15 is 0 Å². The largest absolute Gasteiger partial charge is 0.343 e. The number of hydrogen-bond donors (Lipinski definition) is 2. The molecule has 0 saturated heterocycles. The molecule has 0 radical (unpaired) electrons. The number of aromatic nitrogens is 2. The van der Waals surface area contributed by atoms with Crippen LogP contribution in [0.15, 0.2) is 38.7 Å². The third kappa shape index (κ3) is 4.04. The average Bonchev–Trinajstić information content (AvgIpc) is 3.12. The topological polar surface area (TPSA) is 74.8 Å². The summed E-state index contributed by atoms with van der Waals surface area (Å²) in [6, 6.07) is 3.93. The normalized spacial score (nSPS) is 16.6. The van der Waals surface area contributed by atoms with E-state index in [-0.39, 0.29) is 23.2 Å². The first-order chi connectivity index (χ1) is 12.8. The Morgan fingerprint density at radius 3 is 2.67 bits per heavy atom. The summed E-state index contributed by atoms with van der Waals surface area (Å²) in [6.07, 6.45) is 0. The monoisotopic (exact) mass is 403 g/mol. The maximum atomic E-state index is 13.0. The molecule has 0 unspecified atom stereocenters. The van der Waals surface area contributed by atoms with Crippen LogP contribution >= 0.6 is 23.1 Å². The third-order valence-electron chi connectivity index (χ3n) is 4.39. The minimum Gasteiger partial charge on any atom is -0.343 e. The van der Waals surface area contributed by atoms with Crippen molar-refractivity contribution >= 4 is 34.7 Å². The first-order valence-electron chi connectivity index (χ1n) is 9.12. The van der Waals surface area contributed by atoms with Crippen molar-refractivity contribution in [3.63, 3.8) is 0 Å². The molecule has 27 heavy (non-hydrogen) atoms. The van der Waals surface area contributed by atoms with E-state index in [2.05, 4.69) is 29.1 Å². The van der Waals surface area contributed by atoms with E-state index in [1.807, 2.05) is 38.3 Å². The maximum absolute atomic E-state index is 13.0. The van der Waals surface area contributed by atoms with Gasteiger partial charge in [0, 0.05) is 27.8 Å². The lowest BCUT2D eigenvalue weighted by atomic mass is 9.81. The Hall–Kier alpha value is -1.86. The fourth-order valence-corrected chi connectivity index (χ4v) is 4.78. The quantitative estimate of drug-likeness (QED) is 0.543. The Labute approximate surface area is 167 Å². The summed E-state index contributed by atoms with van der Waals surface area (Å²) in [5, 5.41) is 5.80. The zero-order valence-corrected chi connectivity index (χ0v) is 17.9. The van der Waals surface area contributed by atoms with E-state index in [1.54, 1.807) is 23.1 Å². The van der Waals surface area contributed by atoms with Crippen LogP contribution in [0.3, 0.4) is 0 Å². The molecule has 0 aromatic carbocycles. The second-order valence-corrected chi connectivity index (χ2v) is 9.46. The maximum Gasteiger partial charge on any atom is 0.257 e. The standard InChI is InChI=1S/C20H25N3O2S2/c1-10(2)9-27-20-22-18-16(19(25)23-20)15(13-7-6-8-26-13)14(12(5)21-18)17(24)11(3)4/h6-8,10-11,15H,9H2,1-5H3,(H2,21,22,23,25)/t15-/m0/s1. The average molecular weight is 404 g/mol. The molecular weight excluding hydrogens is 378 g/mol. The van der Waals surface area contributed by atoms with Crippen LogP contribution in [-0.4, -0.2) is 21.5 Å². The molecule has 2 aromatic heterocycles. The lowest BCUT2D eigenvalue weighted by molar-refractivity contribution is -0.118. The van der Waals surface area contributed by atoms with E-state index < -0.39 is 0 Å². The lowest BCUT2D eigenvalue weighted by Crippen LogP contribution is -2.31. The minimum absolute atomic E-state index is 0.0571. The molecule has 0 bridgehead atoms. The first kappa shape index (κ1) is 19.9. The van der Waals surface area contributed by atoms with Crippen molar-refractivity contribution in [2.75, 3.05) is 11.1 Å². The molecule has 0 saturated carbocycles. The van der Waals surface area contributed by atoms with Gasteiger partial charge >= 0.3 is 0 Å². The number of carbonyl (C=O) groups excluding carboxylic acids is 1. The zero-order valence-electron chi connectivity index (χ0n) is 16.3. The smallest absolute Gasteiger partial charge is 0.257 e. The van der Waals surface area contributed by atoms with E-state index in [0.29, 0.717) is 28.0 Å². The number of anilines is 1. The van der Waals surface area contributed by atoms with Crippen LogP contribution in [0, 0.1) is 11.8 Å². The highest BCUT2D eigenvalue weighted by Crippen LogP contribution is 2.42. The number of allylic oxidation sites excluding steroid dienone is 2. The van der Waals surface area contributed by atoms with Gasteiger partial charge in [0.1, 0.15) is 5.82 Å². The van der Waals surface area contributed by atoms with Crippen LogP contribution in [0.5, 0.6) is 0 Å². The van der Waals surface area contributed by atoms with E-state index in [0.717, 1.165) is 16.3 Å². The van der Waals surface area contributed by atoms with Gasteiger partial charge in [0.2, 0.25) is 0 Å². The number of ketones is 1. The van der Waals surface area contributed by atoms with Gasteiger partial charge in [-0.05, 0) is 24.3 Å². The van der Waals surface area contributed by atoms with Crippen molar-refractivity contribution < 1.29 is 4.79 Å². The van der Waals surface area contributed by atoms with Gasteiger partial charge in [-0.25, -0.2) is 4.98 Å². The molecule has 1 aliphatic rings. The highest BCUT2D eigenvalue weighted by atomic mass is 32.2. The highest BCUT2D eigenvalue weighted by molar-refractivity contribution is 7.99. The van der Waals surface area contributed by atoms with Crippen LogP contribution < -0.4 is 10.9 Å². The molecule has 1 atom stereocenters. The van der Waals surface area contributed by atoms with Crippen molar-refractivity contribution in [1.82, 2.24) is 9.97 Å². The van der Waals surface area contributed by atoms with Crippen molar-refractivity contribution in [2.45, 2.75) is 45.7 Å². The lowest BCUT2D eigenvalue weighted by Gasteiger charge is -2.29. The van der Waals surface area contributed by atoms with Crippen molar-refractivity contribution in [2.24, 2.45) is 11.8 Å². The fourth-order valence-electron chi connectivity index (χ4n) is 3.12. The third-order valence-corrected chi connectivity index (χ3v) is 6.63. The van der Waals surface area contributed by atoms with Crippen LogP contribution in [0.25, 0.3) is 0 Å². The summed E-state index contributed by atoms with van der Waals surface area (Å²) in [6.45, 7) is 9.93. The molecule has 1 aliphatic heterocycles. The van der Waals surface area contributed by atoms with Gasteiger partial charge in [-0.3, -0.25) is 9.59 Å². The number of fused-ring (bicyclic) bond motifs is 1. The molecule has 0 fully saturated rings. The number of H-pyrrole nitrogens is 1. The molecule has 0 aliphatic carbocycles. The number of thiophene rings is 1. The number of nitrogens with one attached hydrogen (secondary N) is 2. The molecule has 3 heterocycles. The number of carbonyl (C=O) groups is 1. The summed E-state index contributed by atoms with van der Waals surface area (Å²) >= 11 is 3.10. The number of thioether (sulfide) groups is 1. The van der Waals surface area contributed by atoms with E-state index in [9.17, 15) is 9.59 Å². The van der Waals surface area contributed by atoms with Gasteiger partial charge < -0.3 is 10.3 Å². The molecule has 144 valence electrons. The Kier molecular flexibility index (Phi) is 5.91. The summed E-state index contributed by atoms with van der Waals surface area (Å²) in [4.78, 5) is 34.5. The van der Waals surface area contributed by atoms with Crippen LogP contribution in [0.4, 0.5) is 5.82 Å².